The smallest absolute Gasteiger partial charge is 0.319 e. The van der Waals surface area contributed by atoms with Gasteiger partial charge >= 0.3 is 6.03 Å². The van der Waals surface area contributed by atoms with Gasteiger partial charge in [0.2, 0.25) is 0 Å². The Kier molecular flexibility index (Phi) is 4.73. The lowest BCUT2D eigenvalue weighted by Crippen LogP contribution is -2.34. The molecule has 0 saturated carbocycles. The number of anilines is 1. The number of carbonyl (C=O) groups excluding carboxylic acids is 1. The molecule has 0 saturated heterocycles. The van der Waals surface area contributed by atoms with E-state index < -0.39 is 0 Å². The van der Waals surface area contributed by atoms with Crippen LogP contribution in [0.5, 0.6) is 0 Å². The van der Waals surface area contributed by atoms with E-state index in [1.165, 1.54) is 0 Å². The van der Waals surface area contributed by atoms with Crippen molar-refractivity contribution in [1.82, 2.24) is 15.1 Å². The van der Waals surface area contributed by atoms with E-state index in [9.17, 15) is 4.79 Å². The highest BCUT2D eigenvalue weighted by Gasteiger charge is 2.16. The van der Waals surface area contributed by atoms with Gasteiger partial charge in [0.15, 0.2) is 0 Å². The Balaban J connectivity index is 1.65. The molecule has 0 radical (unpaired) electrons. The average molecular weight is 326 g/mol. The third kappa shape index (κ3) is 3.78. The second-order valence-corrected chi connectivity index (χ2v) is 5.99. The predicted octanol–water partition coefficient (Wildman–Crippen LogP) is 3.66. The zero-order valence-corrected chi connectivity index (χ0v) is 13.6. The van der Waals surface area contributed by atoms with E-state index in [1.54, 1.807) is 17.5 Å². The summed E-state index contributed by atoms with van der Waals surface area (Å²) in [4.78, 5) is 12.2. The summed E-state index contributed by atoms with van der Waals surface area (Å²) in [6.07, 6.45) is 3.65. The molecule has 0 fully saturated rings. The third-order valence-electron chi connectivity index (χ3n) is 3.62. The van der Waals surface area contributed by atoms with Crippen molar-refractivity contribution in [3.8, 4) is 0 Å². The maximum Gasteiger partial charge on any atom is 0.319 e. The van der Waals surface area contributed by atoms with Crippen LogP contribution in [-0.4, -0.2) is 22.4 Å². The Morgan fingerprint density at radius 2 is 2.17 bits per heavy atom. The number of hydrogen-bond acceptors (Lipinski definition) is 3. The summed E-state index contributed by atoms with van der Waals surface area (Å²) >= 11 is 1.63. The van der Waals surface area contributed by atoms with Crippen LogP contribution in [0.4, 0.5) is 10.5 Å². The van der Waals surface area contributed by atoms with E-state index in [2.05, 4.69) is 27.2 Å². The molecule has 5 nitrogen and oxygen atoms in total. The predicted molar refractivity (Wildman–Crippen MR) is 92.9 cm³/mol. The van der Waals surface area contributed by atoms with Crippen LogP contribution in [0.3, 0.4) is 0 Å². The number of aromatic nitrogens is 2. The van der Waals surface area contributed by atoms with Gasteiger partial charge in [-0.1, -0.05) is 18.2 Å². The normalized spacial score (nSPS) is 11.9. The standard InChI is InChI=1S/C17H18N4OS/c1-13-5-2-3-6-15(13)20-17(22)18-11-16(14-7-10-23-12-14)21-9-4-8-19-21/h2-10,12,16H,11H2,1H3,(H2,18,20,22). The number of benzene rings is 1. The summed E-state index contributed by atoms with van der Waals surface area (Å²) in [5.41, 5.74) is 2.98. The minimum atomic E-state index is -0.216. The van der Waals surface area contributed by atoms with E-state index in [0.717, 1.165) is 16.8 Å². The molecule has 118 valence electrons. The summed E-state index contributed by atoms with van der Waals surface area (Å²) < 4.78 is 1.86. The maximum absolute atomic E-state index is 12.2. The molecule has 23 heavy (non-hydrogen) atoms. The van der Waals surface area contributed by atoms with Gasteiger partial charge in [-0.3, -0.25) is 4.68 Å². The molecule has 0 aliphatic heterocycles. The molecular formula is C17H18N4OS. The van der Waals surface area contributed by atoms with E-state index in [4.69, 9.17) is 0 Å². The van der Waals surface area contributed by atoms with Gasteiger partial charge in [-0.25, -0.2) is 4.79 Å². The fourth-order valence-corrected chi connectivity index (χ4v) is 3.07. The van der Waals surface area contributed by atoms with Crippen molar-refractivity contribution in [3.05, 3.63) is 70.7 Å². The molecule has 2 N–H and O–H groups in total. The molecule has 1 unspecified atom stereocenters. The highest BCUT2D eigenvalue weighted by atomic mass is 32.1. The molecule has 2 heterocycles. The molecular weight excluding hydrogens is 308 g/mol. The number of carbonyl (C=O) groups is 1. The van der Waals surface area contributed by atoms with Crippen molar-refractivity contribution in [3.63, 3.8) is 0 Å². The highest BCUT2D eigenvalue weighted by molar-refractivity contribution is 7.07. The molecule has 3 rings (SSSR count). The Labute approximate surface area is 139 Å². The van der Waals surface area contributed by atoms with Gasteiger partial charge in [0.05, 0.1) is 6.04 Å². The fraction of sp³-hybridized carbons (Fsp3) is 0.176. The summed E-state index contributed by atoms with van der Waals surface area (Å²) in [6, 6.07) is 11.4. The van der Waals surface area contributed by atoms with Crippen LogP contribution in [0.25, 0.3) is 0 Å². The average Bonchev–Trinajstić information content (AvgIpc) is 3.23. The monoisotopic (exact) mass is 326 g/mol. The molecule has 6 heteroatoms. The van der Waals surface area contributed by atoms with E-state index >= 15 is 0 Å². The van der Waals surface area contributed by atoms with Gasteiger partial charge in [0, 0.05) is 24.6 Å². The molecule has 2 aromatic heterocycles. The van der Waals surface area contributed by atoms with Crippen molar-refractivity contribution in [1.29, 1.82) is 0 Å². The van der Waals surface area contributed by atoms with Crippen molar-refractivity contribution < 1.29 is 4.79 Å². The fourth-order valence-electron chi connectivity index (χ4n) is 2.36. The number of thiophene rings is 1. The van der Waals surface area contributed by atoms with Gasteiger partial charge in [0.1, 0.15) is 0 Å². The van der Waals surface area contributed by atoms with Gasteiger partial charge in [-0.05, 0) is 47.0 Å². The number of rotatable bonds is 5. The molecule has 0 spiro atoms. The first-order chi connectivity index (χ1) is 11.2. The zero-order chi connectivity index (χ0) is 16.1. The number of nitrogens with one attached hydrogen (secondary N) is 2. The van der Waals surface area contributed by atoms with Gasteiger partial charge in [-0.2, -0.15) is 16.4 Å². The largest absolute Gasteiger partial charge is 0.335 e. The highest BCUT2D eigenvalue weighted by Crippen LogP contribution is 2.19. The molecule has 0 aliphatic carbocycles. The second-order valence-electron chi connectivity index (χ2n) is 5.21. The summed E-state index contributed by atoms with van der Waals surface area (Å²) in [5, 5.41) is 14.2. The van der Waals surface area contributed by atoms with Crippen LogP contribution < -0.4 is 10.6 Å². The zero-order valence-electron chi connectivity index (χ0n) is 12.8. The number of urea groups is 1. The second kappa shape index (κ2) is 7.11. The molecule has 1 atom stereocenters. The van der Waals surface area contributed by atoms with E-state index in [-0.39, 0.29) is 12.1 Å². The minimum Gasteiger partial charge on any atom is -0.335 e. The molecule has 1 aromatic carbocycles. The summed E-state index contributed by atoms with van der Waals surface area (Å²) in [6.45, 7) is 2.43. The van der Waals surface area contributed by atoms with Crippen LogP contribution >= 0.6 is 11.3 Å². The van der Waals surface area contributed by atoms with Crippen LogP contribution in [0, 0.1) is 6.92 Å². The van der Waals surface area contributed by atoms with Gasteiger partial charge < -0.3 is 10.6 Å². The van der Waals surface area contributed by atoms with E-state index in [1.807, 2.05) is 53.5 Å². The number of nitrogens with zero attached hydrogens (tertiary/aromatic N) is 2. The van der Waals surface area contributed by atoms with Gasteiger partial charge in [-0.15, -0.1) is 0 Å². The molecule has 3 aromatic rings. The van der Waals surface area contributed by atoms with Crippen LogP contribution in [0.15, 0.2) is 59.6 Å². The Bertz CT molecular complexity index is 719. The summed E-state index contributed by atoms with van der Waals surface area (Å²) in [7, 11) is 0. The molecule has 2 amide bonds. The Hall–Kier alpha value is -2.60. The first kappa shape index (κ1) is 15.3. The first-order valence-corrected chi connectivity index (χ1v) is 8.30. The van der Waals surface area contributed by atoms with Crippen LogP contribution in [-0.2, 0) is 0 Å². The Morgan fingerprint density at radius 3 is 2.87 bits per heavy atom. The lowest BCUT2D eigenvalue weighted by atomic mass is 10.1. The quantitative estimate of drug-likeness (QED) is 0.751. The number of hydrogen-bond donors (Lipinski definition) is 2. The minimum absolute atomic E-state index is 0.0149. The molecule has 0 aliphatic rings. The number of amides is 2. The third-order valence-corrected chi connectivity index (χ3v) is 4.32. The summed E-state index contributed by atoms with van der Waals surface area (Å²) in [5.74, 6) is 0. The lowest BCUT2D eigenvalue weighted by Gasteiger charge is -2.18. The van der Waals surface area contributed by atoms with E-state index in [0.29, 0.717) is 6.54 Å². The van der Waals surface area contributed by atoms with Crippen molar-refractivity contribution in [2.75, 3.05) is 11.9 Å². The van der Waals surface area contributed by atoms with Crippen molar-refractivity contribution in [2.45, 2.75) is 13.0 Å². The molecule has 0 bridgehead atoms. The number of para-hydroxylation sites is 1. The maximum atomic E-state index is 12.2. The first-order valence-electron chi connectivity index (χ1n) is 7.36. The van der Waals surface area contributed by atoms with Crippen LogP contribution in [0.1, 0.15) is 17.2 Å². The van der Waals surface area contributed by atoms with Crippen molar-refractivity contribution >= 4 is 23.1 Å². The van der Waals surface area contributed by atoms with Gasteiger partial charge in [0.25, 0.3) is 0 Å². The number of aryl methyl sites for hydroxylation is 1. The topological polar surface area (TPSA) is 59.0 Å². The lowest BCUT2D eigenvalue weighted by molar-refractivity contribution is 0.250. The van der Waals surface area contributed by atoms with Crippen LogP contribution in [0.2, 0.25) is 0 Å². The Morgan fingerprint density at radius 1 is 1.30 bits per heavy atom. The van der Waals surface area contributed by atoms with Crippen molar-refractivity contribution in [2.24, 2.45) is 0 Å². The SMILES string of the molecule is Cc1ccccc1NC(=O)NCC(c1ccsc1)n1cccn1.